The Morgan fingerprint density at radius 2 is 1.55 bits per heavy atom. The minimum atomic E-state index is -3.89. The number of amides is 1. The van der Waals surface area contributed by atoms with Crippen LogP contribution in [0.4, 0.5) is 0 Å². The van der Waals surface area contributed by atoms with Crippen LogP contribution in [0, 0.1) is 0 Å². The number of hydrogen-bond acceptors (Lipinski definition) is 5. The Morgan fingerprint density at radius 3 is 2.19 bits per heavy atom. The van der Waals surface area contributed by atoms with Crippen molar-refractivity contribution in [3.8, 4) is 5.75 Å². The molecule has 3 aromatic carbocycles. The average molecular weight is 438 g/mol. The van der Waals surface area contributed by atoms with E-state index >= 15 is 0 Å². The van der Waals surface area contributed by atoms with E-state index in [1.54, 1.807) is 42.5 Å². The number of benzene rings is 3. The topological polar surface area (TPSA) is 72.9 Å². The molecule has 0 N–H and O–H groups in total. The van der Waals surface area contributed by atoms with E-state index < -0.39 is 10.1 Å². The molecule has 160 valence electrons. The molecule has 0 bridgehead atoms. The number of carbonyl (C=O) groups excluding carboxylic acids is 1. The van der Waals surface area contributed by atoms with Gasteiger partial charge in [0.25, 0.3) is 0 Å². The Balaban J connectivity index is 1.47. The Labute approximate surface area is 182 Å². The normalized spacial score (nSPS) is 17.9. The summed E-state index contributed by atoms with van der Waals surface area (Å²) < 4.78 is 35.8. The monoisotopic (exact) mass is 437 g/mol. The Kier molecular flexibility index (Phi) is 6.06. The maximum atomic E-state index is 12.4. The quantitative estimate of drug-likeness (QED) is 0.543. The fraction of sp³-hybridized carbons (Fsp3) is 0.208. The van der Waals surface area contributed by atoms with Crippen molar-refractivity contribution in [3.63, 3.8) is 0 Å². The number of nitrogens with zero attached hydrogens (tertiary/aromatic N) is 1. The molecule has 2 atom stereocenters. The standard InChI is InChI=1S/C24H23NO5S/c1-18(19-8-4-2-5-9-19)25-16-23(29-17-24(25)26)20-12-14-21(15-13-20)30-31(27,28)22-10-6-3-7-11-22/h2-15,18,23H,16-17H2,1H3/t18-,23+/m0/s1. The second-order valence-corrected chi connectivity index (χ2v) is 8.90. The van der Waals surface area contributed by atoms with Crippen molar-refractivity contribution < 1.29 is 22.1 Å². The average Bonchev–Trinajstić information content (AvgIpc) is 2.80. The summed E-state index contributed by atoms with van der Waals surface area (Å²) in [4.78, 5) is 14.4. The second-order valence-electron chi connectivity index (χ2n) is 7.35. The third kappa shape index (κ3) is 4.78. The molecule has 6 nitrogen and oxygen atoms in total. The first-order valence-electron chi connectivity index (χ1n) is 9.99. The summed E-state index contributed by atoms with van der Waals surface area (Å²) in [5.74, 6) is 0.163. The first-order chi connectivity index (χ1) is 14.9. The molecule has 31 heavy (non-hydrogen) atoms. The molecule has 0 aliphatic carbocycles. The van der Waals surface area contributed by atoms with Crippen LogP contribution in [0.15, 0.2) is 89.8 Å². The van der Waals surface area contributed by atoms with Gasteiger partial charge in [-0.3, -0.25) is 4.79 Å². The smallest absolute Gasteiger partial charge is 0.339 e. The molecule has 1 amide bonds. The molecule has 0 spiro atoms. The lowest BCUT2D eigenvalue weighted by Crippen LogP contribution is -2.44. The number of ether oxygens (including phenoxy) is 1. The lowest BCUT2D eigenvalue weighted by Gasteiger charge is -2.37. The van der Waals surface area contributed by atoms with Crippen molar-refractivity contribution >= 4 is 16.0 Å². The Hall–Kier alpha value is -3.16. The molecule has 1 aliphatic heterocycles. The van der Waals surface area contributed by atoms with Crippen LogP contribution in [0.2, 0.25) is 0 Å². The predicted molar refractivity (Wildman–Crippen MR) is 116 cm³/mol. The third-order valence-corrected chi connectivity index (χ3v) is 6.59. The molecule has 0 radical (unpaired) electrons. The second kappa shape index (κ2) is 8.91. The molecule has 1 aliphatic rings. The number of hydrogen-bond donors (Lipinski definition) is 0. The van der Waals surface area contributed by atoms with Crippen LogP contribution in [0.3, 0.4) is 0 Å². The molecule has 4 rings (SSSR count). The highest BCUT2D eigenvalue weighted by Crippen LogP contribution is 2.30. The first-order valence-corrected chi connectivity index (χ1v) is 11.4. The van der Waals surface area contributed by atoms with E-state index in [0.29, 0.717) is 6.54 Å². The van der Waals surface area contributed by atoms with E-state index in [1.165, 1.54) is 12.1 Å². The minimum Gasteiger partial charge on any atom is -0.379 e. The first kappa shape index (κ1) is 21.1. The number of rotatable bonds is 6. The van der Waals surface area contributed by atoms with Crippen molar-refractivity contribution in [1.82, 2.24) is 4.90 Å². The zero-order valence-corrected chi connectivity index (χ0v) is 17.9. The van der Waals surface area contributed by atoms with Gasteiger partial charge in [-0.1, -0.05) is 60.7 Å². The van der Waals surface area contributed by atoms with Gasteiger partial charge in [0.2, 0.25) is 5.91 Å². The van der Waals surface area contributed by atoms with E-state index in [1.807, 2.05) is 42.2 Å². The van der Waals surface area contributed by atoms with Gasteiger partial charge in [-0.15, -0.1) is 0 Å². The van der Waals surface area contributed by atoms with Crippen molar-refractivity contribution in [2.75, 3.05) is 13.2 Å². The van der Waals surface area contributed by atoms with E-state index in [4.69, 9.17) is 8.92 Å². The third-order valence-electron chi connectivity index (χ3n) is 5.33. The van der Waals surface area contributed by atoms with Crippen LogP contribution in [0.1, 0.15) is 30.2 Å². The predicted octanol–water partition coefficient (Wildman–Crippen LogP) is 4.12. The highest BCUT2D eigenvalue weighted by atomic mass is 32.2. The molecule has 1 heterocycles. The fourth-order valence-electron chi connectivity index (χ4n) is 3.58. The van der Waals surface area contributed by atoms with Gasteiger partial charge in [-0.25, -0.2) is 0 Å². The van der Waals surface area contributed by atoms with Crippen molar-refractivity contribution in [1.29, 1.82) is 0 Å². The van der Waals surface area contributed by atoms with Crippen LogP contribution in [0.5, 0.6) is 5.75 Å². The van der Waals surface area contributed by atoms with Gasteiger partial charge in [-0.2, -0.15) is 8.42 Å². The summed E-state index contributed by atoms with van der Waals surface area (Å²) in [7, 11) is -3.89. The summed E-state index contributed by atoms with van der Waals surface area (Å²) in [6, 6.07) is 24.5. The van der Waals surface area contributed by atoms with Gasteiger partial charge < -0.3 is 13.8 Å². The van der Waals surface area contributed by atoms with Gasteiger partial charge >= 0.3 is 10.1 Å². The molecular formula is C24H23NO5S. The molecule has 7 heteroatoms. The summed E-state index contributed by atoms with van der Waals surface area (Å²) in [5.41, 5.74) is 1.91. The largest absolute Gasteiger partial charge is 0.379 e. The highest BCUT2D eigenvalue weighted by Gasteiger charge is 2.31. The summed E-state index contributed by atoms with van der Waals surface area (Å²) in [5, 5.41) is 0. The summed E-state index contributed by atoms with van der Waals surface area (Å²) in [6.07, 6.45) is -0.302. The van der Waals surface area contributed by atoms with Crippen LogP contribution in [0.25, 0.3) is 0 Å². The van der Waals surface area contributed by atoms with Gasteiger partial charge in [0, 0.05) is 0 Å². The van der Waals surface area contributed by atoms with E-state index in [-0.39, 0.29) is 35.3 Å². The van der Waals surface area contributed by atoms with Gasteiger partial charge in [0.15, 0.2) is 0 Å². The van der Waals surface area contributed by atoms with Crippen LogP contribution in [-0.4, -0.2) is 32.4 Å². The van der Waals surface area contributed by atoms with E-state index in [9.17, 15) is 13.2 Å². The molecular weight excluding hydrogens is 414 g/mol. The zero-order chi connectivity index (χ0) is 21.8. The lowest BCUT2D eigenvalue weighted by molar-refractivity contribution is -0.152. The fourth-order valence-corrected chi connectivity index (χ4v) is 4.53. The zero-order valence-electron chi connectivity index (χ0n) is 17.0. The van der Waals surface area contributed by atoms with Gasteiger partial charge in [0.05, 0.1) is 12.6 Å². The summed E-state index contributed by atoms with van der Waals surface area (Å²) >= 11 is 0. The van der Waals surface area contributed by atoms with Gasteiger partial charge in [0.1, 0.15) is 23.4 Å². The molecule has 0 unspecified atom stereocenters. The minimum absolute atomic E-state index is 0.00246. The maximum absolute atomic E-state index is 12.4. The molecule has 3 aromatic rings. The Morgan fingerprint density at radius 1 is 0.935 bits per heavy atom. The van der Waals surface area contributed by atoms with Crippen LogP contribution >= 0.6 is 0 Å². The van der Waals surface area contributed by atoms with E-state index in [0.717, 1.165) is 11.1 Å². The van der Waals surface area contributed by atoms with Crippen LogP contribution in [-0.2, 0) is 19.6 Å². The van der Waals surface area contributed by atoms with Crippen LogP contribution < -0.4 is 4.18 Å². The van der Waals surface area contributed by atoms with Gasteiger partial charge in [-0.05, 0) is 42.3 Å². The number of morpholine rings is 1. The van der Waals surface area contributed by atoms with Crippen molar-refractivity contribution in [2.45, 2.75) is 24.0 Å². The maximum Gasteiger partial charge on any atom is 0.339 e. The molecule has 1 saturated heterocycles. The lowest BCUT2D eigenvalue weighted by atomic mass is 10.0. The van der Waals surface area contributed by atoms with E-state index in [2.05, 4.69) is 0 Å². The highest BCUT2D eigenvalue weighted by molar-refractivity contribution is 7.87. The summed E-state index contributed by atoms with van der Waals surface area (Å²) in [6.45, 7) is 2.42. The SMILES string of the molecule is C[C@@H](c1ccccc1)N1C[C@H](c2ccc(OS(=O)(=O)c3ccccc3)cc2)OCC1=O. The molecule has 0 saturated carbocycles. The molecule has 1 fully saturated rings. The molecule has 0 aromatic heterocycles. The van der Waals surface area contributed by atoms with Crippen molar-refractivity contribution in [2.24, 2.45) is 0 Å². The number of carbonyl (C=O) groups is 1. The Bertz CT molecular complexity index is 1130. The van der Waals surface area contributed by atoms with Crippen molar-refractivity contribution in [3.05, 3.63) is 96.1 Å².